The van der Waals surface area contributed by atoms with E-state index in [1.54, 1.807) is 31.6 Å². The first-order valence-electron chi connectivity index (χ1n) is 8.58. The largest absolute Gasteiger partial charge is 0.471 e. The number of pyridine rings is 1. The maximum Gasteiger partial charge on any atom is 0.387 e. The van der Waals surface area contributed by atoms with Crippen LogP contribution in [0.15, 0.2) is 59.0 Å². The average Bonchev–Trinajstić information content (AvgIpc) is 3.16. The van der Waals surface area contributed by atoms with Gasteiger partial charge >= 0.3 is 6.61 Å². The van der Waals surface area contributed by atoms with Crippen molar-refractivity contribution in [3.8, 4) is 22.8 Å². The highest BCUT2D eigenvalue weighted by atomic mass is 32.1. The number of ether oxygens (including phenoxy) is 2. The Morgan fingerprint density at radius 2 is 2.00 bits per heavy atom. The van der Waals surface area contributed by atoms with Crippen molar-refractivity contribution in [2.24, 2.45) is 7.05 Å². The highest BCUT2D eigenvalue weighted by molar-refractivity contribution is 7.18. The summed E-state index contributed by atoms with van der Waals surface area (Å²) in [7, 11) is 1.56. The standard InChI is InChI=1S/C20H15F2N3O3S/c1-25-19(26)16-15(13-5-7-23-8-6-13)11-29-17(16)18(24-25)27-10-12-3-2-4-14(9-12)28-20(21)22/h2-9,11,20H,10H2,1H3. The third-order valence-corrected chi connectivity index (χ3v) is 5.19. The summed E-state index contributed by atoms with van der Waals surface area (Å²) < 4.78 is 36.9. The Hall–Kier alpha value is -3.33. The molecule has 0 saturated heterocycles. The Kier molecular flexibility index (Phi) is 5.22. The van der Waals surface area contributed by atoms with E-state index in [2.05, 4.69) is 14.8 Å². The number of thiophene rings is 1. The van der Waals surface area contributed by atoms with Gasteiger partial charge in [0.25, 0.3) is 5.56 Å². The van der Waals surface area contributed by atoms with Crippen molar-refractivity contribution < 1.29 is 18.3 Å². The summed E-state index contributed by atoms with van der Waals surface area (Å²) in [5.74, 6) is 0.350. The first-order valence-corrected chi connectivity index (χ1v) is 9.46. The molecule has 0 bridgehead atoms. The Morgan fingerprint density at radius 1 is 1.21 bits per heavy atom. The summed E-state index contributed by atoms with van der Waals surface area (Å²) in [6, 6.07) is 9.91. The van der Waals surface area contributed by atoms with Crippen LogP contribution in [0.3, 0.4) is 0 Å². The van der Waals surface area contributed by atoms with E-state index in [-0.39, 0.29) is 17.9 Å². The van der Waals surface area contributed by atoms with Crippen LogP contribution in [0.5, 0.6) is 11.6 Å². The number of halogens is 2. The fourth-order valence-electron chi connectivity index (χ4n) is 2.92. The van der Waals surface area contributed by atoms with Crippen LogP contribution in [0, 0.1) is 0 Å². The molecule has 0 fully saturated rings. The molecule has 0 N–H and O–H groups in total. The van der Waals surface area contributed by atoms with Crippen LogP contribution in [0.4, 0.5) is 8.78 Å². The van der Waals surface area contributed by atoms with Gasteiger partial charge in [0.15, 0.2) is 0 Å². The first-order chi connectivity index (χ1) is 14.0. The molecule has 1 aromatic carbocycles. The van der Waals surface area contributed by atoms with Gasteiger partial charge in [-0.15, -0.1) is 16.4 Å². The SMILES string of the molecule is Cn1nc(OCc2cccc(OC(F)F)c2)c2scc(-c3ccncc3)c2c1=O. The fourth-order valence-corrected chi connectivity index (χ4v) is 3.92. The maximum absolute atomic E-state index is 12.7. The van der Waals surface area contributed by atoms with E-state index in [0.29, 0.717) is 21.5 Å². The summed E-state index contributed by atoms with van der Waals surface area (Å²) in [5.41, 5.74) is 2.07. The normalized spacial score (nSPS) is 11.2. The van der Waals surface area contributed by atoms with Crippen LogP contribution >= 0.6 is 11.3 Å². The van der Waals surface area contributed by atoms with Crippen molar-refractivity contribution in [3.63, 3.8) is 0 Å². The fraction of sp³-hybridized carbons (Fsp3) is 0.150. The molecule has 9 heteroatoms. The van der Waals surface area contributed by atoms with Crippen molar-refractivity contribution in [3.05, 3.63) is 70.1 Å². The van der Waals surface area contributed by atoms with Gasteiger partial charge in [-0.3, -0.25) is 9.78 Å². The lowest BCUT2D eigenvalue weighted by molar-refractivity contribution is -0.0499. The highest BCUT2D eigenvalue weighted by Gasteiger charge is 2.17. The monoisotopic (exact) mass is 415 g/mol. The van der Waals surface area contributed by atoms with E-state index in [1.165, 1.54) is 28.2 Å². The average molecular weight is 415 g/mol. The topological polar surface area (TPSA) is 66.2 Å². The predicted molar refractivity (Wildman–Crippen MR) is 105 cm³/mol. The lowest BCUT2D eigenvalue weighted by Gasteiger charge is -2.10. The Morgan fingerprint density at radius 3 is 2.76 bits per heavy atom. The van der Waals surface area contributed by atoms with Gasteiger partial charge < -0.3 is 9.47 Å². The molecule has 4 aromatic rings. The Balaban J connectivity index is 1.68. The van der Waals surface area contributed by atoms with Gasteiger partial charge in [0.05, 0.1) is 5.39 Å². The molecule has 0 saturated carbocycles. The molecule has 0 spiro atoms. The van der Waals surface area contributed by atoms with Crippen LogP contribution in [0.1, 0.15) is 5.56 Å². The van der Waals surface area contributed by atoms with Crippen LogP contribution in [0.2, 0.25) is 0 Å². The number of fused-ring (bicyclic) bond motifs is 1. The number of hydrogen-bond acceptors (Lipinski definition) is 6. The Bertz CT molecular complexity index is 1210. The lowest BCUT2D eigenvalue weighted by atomic mass is 10.1. The van der Waals surface area contributed by atoms with Crippen molar-refractivity contribution in [2.45, 2.75) is 13.2 Å². The van der Waals surface area contributed by atoms with E-state index >= 15 is 0 Å². The molecule has 0 amide bonds. The van der Waals surface area contributed by atoms with Crippen LogP contribution in [0.25, 0.3) is 21.2 Å². The lowest BCUT2D eigenvalue weighted by Crippen LogP contribution is -2.20. The number of nitrogens with zero attached hydrogens (tertiary/aromatic N) is 3. The molecule has 0 aliphatic heterocycles. The van der Waals surface area contributed by atoms with E-state index in [0.717, 1.165) is 11.1 Å². The second kappa shape index (κ2) is 7.96. The van der Waals surface area contributed by atoms with Crippen molar-refractivity contribution in [2.75, 3.05) is 0 Å². The number of benzene rings is 1. The van der Waals surface area contributed by atoms with E-state index in [4.69, 9.17) is 4.74 Å². The van der Waals surface area contributed by atoms with Gasteiger partial charge in [-0.2, -0.15) is 8.78 Å². The molecule has 3 aromatic heterocycles. The third kappa shape index (κ3) is 3.95. The van der Waals surface area contributed by atoms with E-state index in [9.17, 15) is 13.6 Å². The minimum atomic E-state index is -2.89. The van der Waals surface area contributed by atoms with E-state index in [1.807, 2.05) is 17.5 Å². The number of aryl methyl sites for hydroxylation is 1. The molecular weight excluding hydrogens is 400 g/mol. The summed E-state index contributed by atoms with van der Waals surface area (Å²) >= 11 is 1.36. The van der Waals surface area contributed by atoms with Gasteiger partial charge in [-0.25, -0.2) is 4.68 Å². The van der Waals surface area contributed by atoms with Gasteiger partial charge in [0.1, 0.15) is 17.1 Å². The summed E-state index contributed by atoms with van der Waals surface area (Å²) in [4.78, 5) is 16.7. The molecule has 3 heterocycles. The van der Waals surface area contributed by atoms with Gasteiger partial charge in [-0.05, 0) is 35.4 Å². The number of rotatable bonds is 6. The zero-order chi connectivity index (χ0) is 20.4. The summed E-state index contributed by atoms with van der Waals surface area (Å²) in [6.45, 7) is -2.81. The number of alkyl halides is 2. The minimum Gasteiger partial charge on any atom is -0.471 e. The zero-order valence-electron chi connectivity index (χ0n) is 15.2. The molecule has 0 unspecified atom stereocenters. The molecule has 0 aliphatic carbocycles. The summed E-state index contributed by atoms with van der Waals surface area (Å²) in [6.07, 6.45) is 3.33. The summed E-state index contributed by atoms with van der Waals surface area (Å²) in [5, 5.41) is 6.62. The quantitative estimate of drug-likeness (QED) is 0.471. The third-order valence-electron chi connectivity index (χ3n) is 4.22. The van der Waals surface area contributed by atoms with Gasteiger partial charge in [0.2, 0.25) is 5.88 Å². The van der Waals surface area contributed by atoms with E-state index < -0.39 is 6.61 Å². The first kappa shape index (κ1) is 19.0. The highest BCUT2D eigenvalue weighted by Crippen LogP contribution is 2.35. The van der Waals surface area contributed by atoms with Gasteiger partial charge in [0, 0.05) is 30.4 Å². The molecule has 0 aliphatic rings. The molecule has 0 radical (unpaired) electrons. The molecule has 29 heavy (non-hydrogen) atoms. The number of hydrogen-bond donors (Lipinski definition) is 0. The Labute approximate surface area is 168 Å². The molecule has 148 valence electrons. The van der Waals surface area contributed by atoms with Crippen molar-refractivity contribution in [1.82, 2.24) is 14.8 Å². The molecule has 0 atom stereocenters. The van der Waals surface area contributed by atoms with Gasteiger partial charge in [-0.1, -0.05) is 12.1 Å². The maximum atomic E-state index is 12.7. The smallest absolute Gasteiger partial charge is 0.387 e. The molecule has 4 rings (SSSR count). The van der Waals surface area contributed by atoms with Crippen LogP contribution < -0.4 is 15.0 Å². The predicted octanol–water partition coefficient (Wildman–Crippen LogP) is 4.24. The zero-order valence-corrected chi connectivity index (χ0v) is 16.0. The number of aromatic nitrogens is 3. The van der Waals surface area contributed by atoms with Crippen LogP contribution in [-0.4, -0.2) is 21.4 Å². The minimum absolute atomic E-state index is 0.0516. The second-order valence-electron chi connectivity index (χ2n) is 6.14. The molecular formula is C20H15F2N3O3S. The van der Waals surface area contributed by atoms with Crippen LogP contribution in [-0.2, 0) is 13.7 Å². The van der Waals surface area contributed by atoms with Crippen molar-refractivity contribution in [1.29, 1.82) is 0 Å². The second-order valence-corrected chi connectivity index (χ2v) is 7.02. The molecule has 6 nitrogen and oxygen atoms in total. The van der Waals surface area contributed by atoms with Crippen molar-refractivity contribution >= 4 is 21.4 Å².